The van der Waals surface area contributed by atoms with E-state index in [0.29, 0.717) is 6.54 Å². The number of hydrogen-bond acceptors (Lipinski definition) is 2. The van der Waals surface area contributed by atoms with Crippen molar-refractivity contribution >= 4 is 15.9 Å². The van der Waals surface area contributed by atoms with Gasteiger partial charge in [0.1, 0.15) is 0 Å². The molecule has 0 amide bonds. The van der Waals surface area contributed by atoms with Crippen molar-refractivity contribution in [2.24, 2.45) is 12.8 Å². The van der Waals surface area contributed by atoms with Crippen molar-refractivity contribution in [1.29, 1.82) is 0 Å². The molecule has 1 aromatic carbocycles. The van der Waals surface area contributed by atoms with Crippen molar-refractivity contribution in [1.82, 2.24) is 9.78 Å². The maximum absolute atomic E-state index is 5.67. The first kappa shape index (κ1) is 12.3. The molecule has 0 aliphatic rings. The van der Waals surface area contributed by atoms with Gasteiger partial charge in [0.05, 0.1) is 15.9 Å². The normalized spacial score (nSPS) is 10.9. The molecule has 17 heavy (non-hydrogen) atoms. The van der Waals surface area contributed by atoms with Crippen LogP contribution in [0.2, 0.25) is 0 Å². The van der Waals surface area contributed by atoms with Gasteiger partial charge >= 0.3 is 0 Å². The molecular formula is C13H16BrN3. The third-order valence-corrected chi connectivity index (χ3v) is 3.72. The Bertz CT molecular complexity index is 558. The number of aromatic nitrogens is 2. The highest BCUT2D eigenvalue weighted by Gasteiger charge is 2.15. The largest absolute Gasteiger partial charge is 0.325 e. The van der Waals surface area contributed by atoms with Gasteiger partial charge in [0.15, 0.2) is 0 Å². The minimum absolute atomic E-state index is 0.444. The van der Waals surface area contributed by atoms with Crippen LogP contribution < -0.4 is 5.73 Å². The summed E-state index contributed by atoms with van der Waals surface area (Å²) in [5, 5.41) is 4.41. The van der Waals surface area contributed by atoms with Crippen LogP contribution >= 0.6 is 15.9 Å². The van der Waals surface area contributed by atoms with Gasteiger partial charge in [-0.1, -0.05) is 23.8 Å². The Balaban J connectivity index is 2.64. The van der Waals surface area contributed by atoms with Gasteiger partial charge in [0.2, 0.25) is 0 Å². The van der Waals surface area contributed by atoms with Crippen molar-refractivity contribution < 1.29 is 0 Å². The Morgan fingerprint density at radius 1 is 1.35 bits per heavy atom. The van der Waals surface area contributed by atoms with E-state index in [0.717, 1.165) is 15.9 Å². The SMILES string of the molecule is Cc1ccc(-c2c(Br)c(CN)nn2C)c(C)c1. The smallest absolute Gasteiger partial charge is 0.0908 e. The van der Waals surface area contributed by atoms with E-state index in [2.05, 4.69) is 53.1 Å². The molecule has 90 valence electrons. The Morgan fingerprint density at radius 2 is 2.06 bits per heavy atom. The minimum atomic E-state index is 0.444. The molecule has 0 bridgehead atoms. The highest BCUT2D eigenvalue weighted by Crippen LogP contribution is 2.32. The van der Waals surface area contributed by atoms with E-state index in [9.17, 15) is 0 Å². The van der Waals surface area contributed by atoms with Crippen LogP contribution in [0.15, 0.2) is 22.7 Å². The van der Waals surface area contributed by atoms with E-state index in [1.165, 1.54) is 16.7 Å². The Hall–Kier alpha value is -1.13. The maximum Gasteiger partial charge on any atom is 0.0908 e. The van der Waals surface area contributed by atoms with Crippen LogP contribution in [0.25, 0.3) is 11.3 Å². The summed E-state index contributed by atoms with van der Waals surface area (Å²) in [5.41, 5.74) is 11.4. The zero-order valence-electron chi connectivity index (χ0n) is 10.3. The number of nitrogens with zero attached hydrogens (tertiary/aromatic N) is 2. The number of hydrogen-bond donors (Lipinski definition) is 1. The molecule has 0 radical (unpaired) electrons. The van der Waals surface area contributed by atoms with E-state index in [1.54, 1.807) is 0 Å². The van der Waals surface area contributed by atoms with E-state index in [4.69, 9.17) is 5.73 Å². The van der Waals surface area contributed by atoms with Crippen molar-refractivity contribution in [3.63, 3.8) is 0 Å². The summed E-state index contributed by atoms with van der Waals surface area (Å²) in [4.78, 5) is 0. The molecule has 0 saturated carbocycles. The molecule has 0 spiro atoms. The predicted octanol–water partition coefficient (Wildman–Crippen LogP) is 2.93. The summed E-state index contributed by atoms with van der Waals surface area (Å²) in [6.07, 6.45) is 0. The van der Waals surface area contributed by atoms with Crippen molar-refractivity contribution in [3.05, 3.63) is 39.5 Å². The third kappa shape index (κ3) is 2.15. The molecule has 0 atom stereocenters. The fraction of sp³-hybridized carbons (Fsp3) is 0.308. The number of rotatable bonds is 2. The fourth-order valence-electron chi connectivity index (χ4n) is 2.06. The van der Waals surface area contributed by atoms with Gasteiger partial charge in [-0.2, -0.15) is 5.10 Å². The summed E-state index contributed by atoms with van der Waals surface area (Å²) < 4.78 is 2.87. The average Bonchev–Trinajstić information content (AvgIpc) is 2.55. The topological polar surface area (TPSA) is 43.8 Å². The van der Waals surface area contributed by atoms with Crippen molar-refractivity contribution in [2.45, 2.75) is 20.4 Å². The molecule has 0 aliphatic carbocycles. The molecule has 1 heterocycles. The summed E-state index contributed by atoms with van der Waals surface area (Å²) in [6, 6.07) is 6.42. The molecule has 0 aliphatic heterocycles. The van der Waals surface area contributed by atoms with Crippen LogP contribution in [0.1, 0.15) is 16.8 Å². The fourth-order valence-corrected chi connectivity index (χ4v) is 2.77. The van der Waals surface area contributed by atoms with Crippen molar-refractivity contribution in [2.75, 3.05) is 0 Å². The monoisotopic (exact) mass is 293 g/mol. The first-order valence-corrected chi connectivity index (χ1v) is 6.33. The van der Waals surface area contributed by atoms with Crippen LogP contribution in [0.3, 0.4) is 0 Å². The number of halogens is 1. The van der Waals surface area contributed by atoms with Gasteiger partial charge in [-0.15, -0.1) is 0 Å². The average molecular weight is 294 g/mol. The summed E-state index contributed by atoms with van der Waals surface area (Å²) >= 11 is 3.59. The molecular weight excluding hydrogens is 278 g/mol. The van der Waals surface area contributed by atoms with Crippen LogP contribution in [0, 0.1) is 13.8 Å². The molecule has 3 nitrogen and oxygen atoms in total. The number of benzene rings is 1. The van der Waals surface area contributed by atoms with Gasteiger partial charge in [0, 0.05) is 19.2 Å². The Labute approximate surface area is 110 Å². The van der Waals surface area contributed by atoms with Gasteiger partial charge < -0.3 is 5.73 Å². The van der Waals surface area contributed by atoms with Crippen LogP contribution in [-0.2, 0) is 13.6 Å². The van der Waals surface area contributed by atoms with Crippen molar-refractivity contribution in [3.8, 4) is 11.3 Å². The van der Waals surface area contributed by atoms with Crippen LogP contribution in [0.4, 0.5) is 0 Å². The molecule has 0 saturated heterocycles. The van der Waals surface area contributed by atoms with E-state index in [-0.39, 0.29) is 0 Å². The zero-order valence-corrected chi connectivity index (χ0v) is 11.9. The Kier molecular flexibility index (Phi) is 3.35. The molecule has 2 N–H and O–H groups in total. The van der Waals surface area contributed by atoms with Gasteiger partial charge in [0.25, 0.3) is 0 Å². The lowest BCUT2D eigenvalue weighted by atomic mass is 10.0. The molecule has 1 aromatic heterocycles. The third-order valence-electron chi connectivity index (χ3n) is 2.89. The second-order valence-electron chi connectivity index (χ2n) is 4.26. The lowest BCUT2D eigenvalue weighted by Crippen LogP contribution is -1.99. The van der Waals surface area contributed by atoms with Gasteiger partial charge in [-0.05, 0) is 35.3 Å². The maximum atomic E-state index is 5.67. The lowest BCUT2D eigenvalue weighted by molar-refractivity contribution is 0.749. The zero-order chi connectivity index (χ0) is 12.6. The highest BCUT2D eigenvalue weighted by molar-refractivity contribution is 9.10. The molecule has 0 fully saturated rings. The summed E-state index contributed by atoms with van der Waals surface area (Å²) in [5.74, 6) is 0. The minimum Gasteiger partial charge on any atom is -0.325 e. The van der Waals surface area contributed by atoms with Gasteiger partial charge in [-0.3, -0.25) is 4.68 Å². The Morgan fingerprint density at radius 3 is 2.59 bits per heavy atom. The number of nitrogens with two attached hydrogens (primary N) is 1. The van der Waals surface area contributed by atoms with E-state index >= 15 is 0 Å². The predicted molar refractivity (Wildman–Crippen MR) is 73.7 cm³/mol. The van der Waals surface area contributed by atoms with Crippen LogP contribution in [0.5, 0.6) is 0 Å². The van der Waals surface area contributed by atoms with Gasteiger partial charge in [-0.25, -0.2) is 0 Å². The molecule has 0 unspecified atom stereocenters. The molecule has 2 rings (SSSR count). The second kappa shape index (κ2) is 4.63. The van der Waals surface area contributed by atoms with E-state index < -0.39 is 0 Å². The standard InChI is InChI=1S/C13H16BrN3/c1-8-4-5-10(9(2)6-8)13-12(14)11(7-15)16-17(13)3/h4-6H,7,15H2,1-3H3. The van der Waals surface area contributed by atoms with Crippen LogP contribution in [-0.4, -0.2) is 9.78 Å². The first-order chi connectivity index (χ1) is 8.04. The number of aryl methyl sites for hydroxylation is 3. The molecule has 4 heteroatoms. The summed E-state index contributed by atoms with van der Waals surface area (Å²) in [6.45, 7) is 4.66. The first-order valence-electron chi connectivity index (χ1n) is 5.53. The summed E-state index contributed by atoms with van der Waals surface area (Å²) in [7, 11) is 1.94. The molecule has 2 aromatic rings. The second-order valence-corrected chi connectivity index (χ2v) is 5.05. The lowest BCUT2D eigenvalue weighted by Gasteiger charge is -2.08. The van der Waals surface area contributed by atoms with E-state index in [1.807, 2.05) is 11.7 Å². The highest BCUT2D eigenvalue weighted by atomic mass is 79.9. The quantitative estimate of drug-likeness (QED) is 0.925.